The fourth-order valence-corrected chi connectivity index (χ4v) is 3.13. The van der Waals surface area contributed by atoms with E-state index in [2.05, 4.69) is 16.9 Å². The molecular weight excluding hydrogens is 400 g/mol. The number of hydrogen-bond donors (Lipinski definition) is 0. The SMILES string of the molecule is CCCCCCCCOc1ccc(C(=O)Oc2ccc(C=Nc3cccnc3)cc2)cc1. The third kappa shape index (κ3) is 7.99. The van der Waals surface area contributed by atoms with Crippen LogP contribution in [-0.2, 0) is 0 Å². The minimum atomic E-state index is -0.399. The molecule has 0 unspecified atom stereocenters. The highest BCUT2D eigenvalue weighted by molar-refractivity contribution is 5.91. The van der Waals surface area contributed by atoms with Crippen molar-refractivity contribution in [2.45, 2.75) is 45.4 Å². The minimum absolute atomic E-state index is 0.399. The van der Waals surface area contributed by atoms with Gasteiger partial charge in [0.25, 0.3) is 0 Å². The van der Waals surface area contributed by atoms with Crippen molar-refractivity contribution < 1.29 is 14.3 Å². The zero-order valence-electron chi connectivity index (χ0n) is 18.6. The Morgan fingerprint density at radius 1 is 0.906 bits per heavy atom. The summed E-state index contributed by atoms with van der Waals surface area (Å²) in [6, 6.07) is 18.0. The number of benzene rings is 2. The summed E-state index contributed by atoms with van der Waals surface area (Å²) in [5.41, 5.74) is 2.17. The van der Waals surface area contributed by atoms with Crippen molar-refractivity contribution in [2.75, 3.05) is 6.61 Å². The van der Waals surface area contributed by atoms with Crippen LogP contribution in [0.15, 0.2) is 78.0 Å². The maximum absolute atomic E-state index is 12.4. The average Bonchev–Trinajstić information content (AvgIpc) is 2.84. The van der Waals surface area contributed by atoms with E-state index in [4.69, 9.17) is 9.47 Å². The van der Waals surface area contributed by atoms with Gasteiger partial charge in [0, 0.05) is 12.4 Å². The number of carbonyl (C=O) groups excluding carboxylic acids is 1. The topological polar surface area (TPSA) is 60.8 Å². The third-order valence-electron chi connectivity index (χ3n) is 4.96. The highest BCUT2D eigenvalue weighted by Gasteiger charge is 2.09. The van der Waals surface area contributed by atoms with Crippen LogP contribution in [0.4, 0.5) is 5.69 Å². The quantitative estimate of drug-likeness (QED) is 0.137. The van der Waals surface area contributed by atoms with E-state index in [9.17, 15) is 4.79 Å². The Bertz CT molecular complexity index is 968. The van der Waals surface area contributed by atoms with Crippen LogP contribution in [-0.4, -0.2) is 23.8 Å². The van der Waals surface area contributed by atoms with E-state index in [1.165, 1.54) is 32.1 Å². The van der Waals surface area contributed by atoms with Gasteiger partial charge in [-0.05, 0) is 72.6 Å². The van der Waals surface area contributed by atoms with Crippen LogP contribution >= 0.6 is 0 Å². The molecule has 3 aromatic rings. The number of hydrogen-bond acceptors (Lipinski definition) is 5. The van der Waals surface area contributed by atoms with Gasteiger partial charge in [0.05, 0.1) is 24.1 Å². The van der Waals surface area contributed by atoms with Crippen LogP contribution in [0.1, 0.15) is 61.4 Å². The lowest BCUT2D eigenvalue weighted by Gasteiger charge is -2.08. The molecule has 0 saturated carbocycles. The number of pyridine rings is 1. The average molecular weight is 431 g/mol. The molecule has 0 radical (unpaired) electrons. The lowest BCUT2D eigenvalue weighted by atomic mass is 10.1. The number of esters is 1. The number of ether oxygens (including phenoxy) is 2. The molecule has 2 aromatic carbocycles. The van der Waals surface area contributed by atoms with Gasteiger partial charge in [-0.25, -0.2) is 4.79 Å². The second kappa shape index (κ2) is 13.1. The van der Waals surface area contributed by atoms with Crippen LogP contribution in [0.25, 0.3) is 0 Å². The van der Waals surface area contributed by atoms with Gasteiger partial charge in [-0.3, -0.25) is 9.98 Å². The molecular formula is C27H30N2O3. The molecule has 1 heterocycles. The second-order valence-electron chi connectivity index (χ2n) is 7.57. The number of carbonyl (C=O) groups is 1. The zero-order chi connectivity index (χ0) is 22.4. The predicted octanol–water partition coefficient (Wildman–Crippen LogP) is 6.79. The molecule has 0 N–H and O–H groups in total. The smallest absolute Gasteiger partial charge is 0.343 e. The largest absolute Gasteiger partial charge is 0.494 e. The summed E-state index contributed by atoms with van der Waals surface area (Å²) in [6.45, 7) is 2.92. The Morgan fingerprint density at radius 3 is 2.34 bits per heavy atom. The summed E-state index contributed by atoms with van der Waals surface area (Å²) < 4.78 is 11.2. The molecule has 5 heteroatoms. The minimum Gasteiger partial charge on any atom is -0.494 e. The van der Waals surface area contributed by atoms with E-state index in [1.54, 1.807) is 42.9 Å². The normalized spacial score (nSPS) is 10.9. The molecule has 0 spiro atoms. The number of rotatable bonds is 12. The molecule has 0 atom stereocenters. The fraction of sp³-hybridized carbons (Fsp3) is 0.296. The molecule has 0 aliphatic heterocycles. The molecule has 3 rings (SSSR count). The van der Waals surface area contributed by atoms with Crippen molar-refractivity contribution in [3.63, 3.8) is 0 Å². The molecule has 0 aliphatic rings. The van der Waals surface area contributed by atoms with Gasteiger partial charge in [-0.15, -0.1) is 0 Å². The summed E-state index contributed by atoms with van der Waals surface area (Å²) in [4.78, 5) is 20.8. The number of unbranched alkanes of at least 4 members (excludes halogenated alkanes) is 5. The number of aromatic nitrogens is 1. The zero-order valence-corrected chi connectivity index (χ0v) is 18.6. The fourth-order valence-electron chi connectivity index (χ4n) is 3.13. The standard InChI is InChI=1S/C27H30N2O3/c1-2-3-4-5-6-7-19-31-25-16-12-23(13-17-25)27(30)32-26-14-10-22(11-15-26)20-29-24-9-8-18-28-21-24/h8-18,20-21H,2-7,19H2,1H3. The highest BCUT2D eigenvalue weighted by Crippen LogP contribution is 2.17. The van der Waals surface area contributed by atoms with Crippen molar-refractivity contribution in [1.82, 2.24) is 4.98 Å². The van der Waals surface area contributed by atoms with Gasteiger partial charge < -0.3 is 9.47 Å². The first-order chi connectivity index (χ1) is 15.7. The van der Waals surface area contributed by atoms with Crippen LogP contribution in [0.2, 0.25) is 0 Å². The molecule has 0 saturated heterocycles. The van der Waals surface area contributed by atoms with Crippen molar-refractivity contribution in [3.8, 4) is 11.5 Å². The number of aliphatic imine (C=N–C) groups is 1. The van der Waals surface area contributed by atoms with Crippen LogP contribution in [0.3, 0.4) is 0 Å². The summed E-state index contributed by atoms with van der Waals surface area (Å²) >= 11 is 0. The van der Waals surface area contributed by atoms with Crippen molar-refractivity contribution in [1.29, 1.82) is 0 Å². The Labute approximate surface area is 190 Å². The molecule has 0 fully saturated rings. The molecule has 0 aliphatic carbocycles. The van der Waals surface area contributed by atoms with Crippen molar-refractivity contribution in [3.05, 3.63) is 84.2 Å². The van der Waals surface area contributed by atoms with Crippen molar-refractivity contribution in [2.24, 2.45) is 4.99 Å². The Morgan fingerprint density at radius 2 is 1.62 bits per heavy atom. The highest BCUT2D eigenvalue weighted by atomic mass is 16.5. The predicted molar refractivity (Wildman–Crippen MR) is 128 cm³/mol. The first-order valence-electron chi connectivity index (χ1n) is 11.2. The molecule has 166 valence electrons. The van der Waals surface area contributed by atoms with Gasteiger partial charge in [0.15, 0.2) is 0 Å². The van der Waals surface area contributed by atoms with E-state index >= 15 is 0 Å². The Hall–Kier alpha value is -3.47. The number of nitrogens with zero attached hydrogens (tertiary/aromatic N) is 2. The van der Waals surface area contributed by atoms with Gasteiger partial charge in [-0.2, -0.15) is 0 Å². The maximum Gasteiger partial charge on any atom is 0.343 e. The summed E-state index contributed by atoms with van der Waals surface area (Å²) in [6.07, 6.45) is 12.5. The van der Waals surface area contributed by atoms with E-state index in [1.807, 2.05) is 36.4 Å². The van der Waals surface area contributed by atoms with E-state index in [-0.39, 0.29) is 0 Å². The molecule has 5 nitrogen and oxygen atoms in total. The van der Waals surface area contributed by atoms with Crippen LogP contribution < -0.4 is 9.47 Å². The second-order valence-corrected chi connectivity index (χ2v) is 7.57. The molecule has 1 aromatic heterocycles. The lowest BCUT2D eigenvalue weighted by molar-refractivity contribution is 0.0734. The van der Waals surface area contributed by atoms with Gasteiger partial charge in [0.2, 0.25) is 0 Å². The molecule has 32 heavy (non-hydrogen) atoms. The van der Waals surface area contributed by atoms with Crippen LogP contribution in [0.5, 0.6) is 11.5 Å². The van der Waals surface area contributed by atoms with E-state index in [0.29, 0.717) is 17.9 Å². The molecule has 0 amide bonds. The van der Waals surface area contributed by atoms with Gasteiger partial charge in [0.1, 0.15) is 11.5 Å². The Kier molecular flexibility index (Phi) is 9.46. The van der Waals surface area contributed by atoms with Gasteiger partial charge >= 0.3 is 5.97 Å². The summed E-state index contributed by atoms with van der Waals surface area (Å²) in [5, 5.41) is 0. The van der Waals surface area contributed by atoms with Crippen molar-refractivity contribution >= 4 is 17.9 Å². The van der Waals surface area contributed by atoms with E-state index < -0.39 is 5.97 Å². The summed E-state index contributed by atoms with van der Waals surface area (Å²) in [7, 11) is 0. The lowest BCUT2D eigenvalue weighted by Crippen LogP contribution is -2.08. The maximum atomic E-state index is 12.4. The van der Waals surface area contributed by atoms with Crippen LogP contribution in [0, 0.1) is 0 Å². The van der Waals surface area contributed by atoms with E-state index in [0.717, 1.165) is 23.4 Å². The summed E-state index contributed by atoms with van der Waals surface area (Å²) in [5.74, 6) is 0.855. The first kappa shape index (κ1) is 23.2. The first-order valence-corrected chi connectivity index (χ1v) is 11.2. The van der Waals surface area contributed by atoms with Gasteiger partial charge in [-0.1, -0.05) is 39.0 Å². The third-order valence-corrected chi connectivity index (χ3v) is 4.96. The monoisotopic (exact) mass is 430 g/mol. The Balaban J connectivity index is 1.43. The molecule has 0 bridgehead atoms.